The molecule has 238 valence electrons. The summed E-state index contributed by atoms with van der Waals surface area (Å²) in [7, 11) is 3.11. The van der Waals surface area contributed by atoms with Crippen LogP contribution in [-0.4, -0.2) is 68.7 Å². The van der Waals surface area contributed by atoms with E-state index in [2.05, 4.69) is 10.6 Å². The summed E-state index contributed by atoms with van der Waals surface area (Å²) in [6, 6.07) is 16.6. The smallest absolute Gasteiger partial charge is 0.258 e. The van der Waals surface area contributed by atoms with E-state index in [1.807, 2.05) is 30.3 Å². The molecule has 2 N–H and O–H groups in total. The Morgan fingerprint density at radius 3 is 2.62 bits per heavy atom. The standard InChI is InChI=1S/C34H38FN3O7/c1-42-28-6-4-3-5-24(28)9-12-34(41)38-14-13-29-27(20-38)37-33(40)21-44-31-17-22(7-10-30(31)43-2)8-11-32(39)36-19-23-15-25(35)18-26(16-23)45-29/h3-7,10,15-18,27,29H,8-9,11-14,19-21H2,1-2H3,(H,36,39)(H,37,40)/t27-,29-/m1/s1. The molecule has 1 fully saturated rings. The third kappa shape index (κ3) is 8.43. The summed E-state index contributed by atoms with van der Waals surface area (Å²) in [4.78, 5) is 40.8. The van der Waals surface area contributed by atoms with E-state index >= 15 is 0 Å². The van der Waals surface area contributed by atoms with Gasteiger partial charge in [0, 0.05) is 45.0 Å². The molecule has 0 saturated carbocycles. The van der Waals surface area contributed by atoms with Crippen molar-refractivity contribution in [2.45, 2.75) is 50.8 Å². The van der Waals surface area contributed by atoms with Crippen LogP contribution in [0.1, 0.15) is 36.0 Å². The van der Waals surface area contributed by atoms with Crippen LogP contribution in [0.15, 0.2) is 60.7 Å². The van der Waals surface area contributed by atoms with Gasteiger partial charge in [-0.2, -0.15) is 0 Å². The largest absolute Gasteiger partial charge is 0.496 e. The zero-order valence-corrected chi connectivity index (χ0v) is 25.5. The second-order valence-electron chi connectivity index (χ2n) is 11.1. The lowest BCUT2D eigenvalue weighted by molar-refractivity contribution is -0.135. The fraction of sp³-hybridized carbons (Fsp3) is 0.382. The number of benzene rings is 3. The Hall–Kier alpha value is -4.80. The van der Waals surface area contributed by atoms with E-state index in [0.29, 0.717) is 42.9 Å². The lowest BCUT2D eigenvalue weighted by Crippen LogP contribution is -2.58. The van der Waals surface area contributed by atoms with Crippen molar-refractivity contribution in [3.8, 4) is 23.0 Å². The number of rotatable bonds is 5. The number of likely N-dealkylation sites (tertiary alicyclic amines) is 1. The van der Waals surface area contributed by atoms with Crippen LogP contribution in [-0.2, 0) is 33.8 Å². The first-order valence-electron chi connectivity index (χ1n) is 15.0. The summed E-state index contributed by atoms with van der Waals surface area (Å²) in [6.45, 7) is 0.428. The van der Waals surface area contributed by atoms with Gasteiger partial charge in [0.15, 0.2) is 18.1 Å². The van der Waals surface area contributed by atoms with E-state index in [0.717, 1.165) is 16.9 Å². The van der Waals surface area contributed by atoms with Gasteiger partial charge in [-0.3, -0.25) is 14.4 Å². The van der Waals surface area contributed by atoms with Crippen molar-refractivity contribution in [1.29, 1.82) is 0 Å². The molecule has 3 aromatic rings. The monoisotopic (exact) mass is 619 g/mol. The second kappa shape index (κ2) is 14.8. The molecule has 4 bridgehead atoms. The van der Waals surface area contributed by atoms with E-state index in [4.69, 9.17) is 18.9 Å². The molecule has 0 radical (unpaired) electrons. The fourth-order valence-electron chi connectivity index (χ4n) is 5.64. The number of amides is 3. The highest BCUT2D eigenvalue weighted by atomic mass is 19.1. The number of hydrogen-bond donors (Lipinski definition) is 2. The summed E-state index contributed by atoms with van der Waals surface area (Å²) in [5.74, 6) is 0.664. The van der Waals surface area contributed by atoms with Gasteiger partial charge in [-0.05, 0) is 59.9 Å². The topological polar surface area (TPSA) is 115 Å². The van der Waals surface area contributed by atoms with Gasteiger partial charge in [-0.1, -0.05) is 24.3 Å². The van der Waals surface area contributed by atoms with Gasteiger partial charge in [0.1, 0.15) is 23.4 Å². The highest BCUT2D eigenvalue weighted by Gasteiger charge is 2.34. The van der Waals surface area contributed by atoms with Crippen molar-refractivity contribution in [2.24, 2.45) is 0 Å². The fourth-order valence-corrected chi connectivity index (χ4v) is 5.64. The molecule has 0 aromatic heterocycles. The molecular formula is C34H38FN3O7. The van der Waals surface area contributed by atoms with Crippen LogP contribution in [0.3, 0.4) is 0 Å². The summed E-state index contributed by atoms with van der Waals surface area (Å²) in [5.41, 5.74) is 2.31. The van der Waals surface area contributed by atoms with Gasteiger partial charge in [-0.15, -0.1) is 0 Å². The highest BCUT2D eigenvalue weighted by molar-refractivity contribution is 5.79. The van der Waals surface area contributed by atoms with Crippen LogP contribution in [0, 0.1) is 5.82 Å². The Bertz CT molecular complexity index is 1530. The number of carbonyl (C=O) groups is 3. The molecule has 2 atom stereocenters. The van der Waals surface area contributed by atoms with Crippen molar-refractivity contribution in [3.05, 3.63) is 83.2 Å². The zero-order chi connectivity index (χ0) is 31.8. The molecule has 2 aliphatic rings. The molecule has 11 heteroatoms. The van der Waals surface area contributed by atoms with Crippen molar-refractivity contribution >= 4 is 17.7 Å². The molecule has 3 amide bonds. The number of aryl methyl sites for hydroxylation is 2. The maximum atomic E-state index is 14.6. The number of piperidine rings is 1. The minimum Gasteiger partial charge on any atom is -0.496 e. The average Bonchev–Trinajstić information content (AvgIpc) is 3.04. The minimum atomic E-state index is -0.594. The van der Waals surface area contributed by atoms with Crippen LogP contribution < -0.4 is 29.6 Å². The molecule has 2 heterocycles. The van der Waals surface area contributed by atoms with Gasteiger partial charge in [-0.25, -0.2) is 4.39 Å². The molecule has 2 aliphatic heterocycles. The zero-order valence-electron chi connectivity index (χ0n) is 25.5. The molecule has 0 spiro atoms. The lowest BCUT2D eigenvalue weighted by atomic mass is 10.00. The third-order valence-corrected chi connectivity index (χ3v) is 7.98. The molecular weight excluding hydrogens is 581 g/mol. The first kappa shape index (κ1) is 31.6. The Kier molecular flexibility index (Phi) is 10.4. The first-order chi connectivity index (χ1) is 21.8. The number of nitrogens with one attached hydrogen (secondary N) is 2. The molecule has 45 heavy (non-hydrogen) atoms. The van der Waals surface area contributed by atoms with E-state index < -0.39 is 23.9 Å². The van der Waals surface area contributed by atoms with E-state index in [1.165, 1.54) is 19.2 Å². The maximum Gasteiger partial charge on any atom is 0.258 e. The number of hydrogen-bond acceptors (Lipinski definition) is 7. The van der Waals surface area contributed by atoms with E-state index in [-0.39, 0.29) is 50.1 Å². The van der Waals surface area contributed by atoms with Crippen LogP contribution in [0.25, 0.3) is 0 Å². The average molecular weight is 620 g/mol. The molecule has 5 rings (SSSR count). The molecule has 1 saturated heterocycles. The predicted molar refractivity (Wildman–Crippen MR) is 164 cm³/mol. The van der Waals surface area contributed by atoms with Crippen LogP contribution in [0.5, 0.6) is 23.0 Å². The minimum absolute atomic E-state index is 0.0605. The van der Waals surface area contributed by atoms with Crippen molar-refractivity contribution < 1.29 is 37.7 Å². The normalized spacial score (nSPS) is 19.0. The van der Waals surface area contributed by atoms with Gasteiger partial charge in [0.2, 0.25) is 11.8 Å². The van der Waals surface area contributed by atoms with Crippen LogP contribution >= 0.6 is 0 Å². The summed E-state index contributed by atoms with van der Waals surface area (Å²) in [6.07, 6.45) is 1.28. The van der Waals surface area contributed by atoms with Gasteiger partial charge in [0.25, 0.3) is 5.91 Å². The maximum absolute atomic E-state index is 14.6. The number of fused-ring (bicyclic) bond motifs is 5. The third-order valence-electron chi connectivity index (χ3n) is 7.98. The highest BCUT2D eigenvalue weighted by Crippen LogP contribution is 2.29. The molecule has 10 nitrogen and oxygen atoms in total. The number of methoxy groups -OCH3 is 2. The predicted octanol–water partition coefficient (Wildman–Crippen LogP) is 3.58. The number of halogens is 1. The van der Waals surface area contributed by atoms with Gasteiger partial charge >= 0.3 is 0 Å². The van der Waals surface area contributed by atoms with Crippen molar-refractivity contribution in [2.75, 3.05) is 33.9 Å². The Balaban J connectivity index is 1.35. The van der Waals surface area contributed by atoms with Crippen LogP contribution in [0.2, 0.25) is 0 Å². The van der Waals surface area contributed by atoms with Gasteiger partial charge < -0.3 is 34.5 Å². The van der Waals surface area contributed by atoms with Crippen molar-refractivity contribution in [1.82, 2.24) is 15.5 Å². The molecule has 0 unspecified atom stereocenters. The Morgan fingerprint density at radius 1 is 0.978 bits per heavy atom. The number of carbonyl (C=O) groups excluding carboxylic acids is 3. The van der Waals surface area contributed by atoms with E-state index in [1.54, 1.807) is 30.2 Å². The summed E-state index contributed by atoms with van der Waals surface area (Å²) in [5, 5.41) is 5.82. The Morgan fingerprint density at radius 2 is 1.80 bits per heavy atom. The lowest BCUT2D eigenvalue weighted by Gasteiger charge is -2.39. The first-order valence-corrected chi connectivity index (χ1v) is 15.0. The second-order valence-corrected chi connectivity index (χ2v) is 11.1. The number of nitrogens with zero attached hydrogens (tertiary/aromatic N) is 1. The number of para-hydroxylation sites is 1. The molecule has 0 aliphatic carbocycles. The summed E-state index contributed by atoms with van der Waals surface area (Å²) < 4.78 is 37.5. The van der Waals surface area contributed by atoms with Crippen LogP contribution in [0.4, 0.5) is 4.39 Å². The summed E-state index contributed by atoms with van der Waals surface area (Å²) >= 11 is 0. The SMILES string of the molecule is COc1ccccc1CCC(=O)N1CC[C@H]2Oc3cc(F)cc(c3)CNC(=O)CCc3ccc(OC)c(c3)OCC(=O)N[C@@H]2C1. The number of ether oxygens (including phenoxy) is 4. The Labute approximate surface area is 261 Å². The molecule has 3 aromatic carbocycles. The van der Waals surface area contributed by atoms with E-state index in [9.17, 15) is 18.8 Å². The quantitative estimate of drug-likeness (QED) is 0.449. The van der Waals surface area contributed by atoms with Crippen molar-refractivity contribution in [3.63, 3.8) is 0 Å². The van der Waals surface area contributed by atoms with Gasteiger partial charge in [0.05, 0.1) is 20.3 Å².